The molecule has 0 aliphatic heterocycles. The van der Waals surface area contributed by atoms with Gasteiger partial charge in [-0.2, -0.15) is 0 Å². The average molecular weight is 449 g/mol. The van der Waals surface area contributed by atoms with Gasteiger partial charge in [0.15, 0.2) is 0 Å². The monoisotopic (exact) mass is 448 g/mol. The quantitative estimate of drug-likeness (QED) is 0.508. The van der Waals surface area contributed by atoms with Crippen molar-refractivity contribution in [2.45, 2.75) is 51.1 Å². The van der Waals surface area contributed by atoms with E-state index in [0.29, 0.717) is 6.42 Å². The molecule has 3 rings (SSSR count). The number of carboxylic acid groups (broad SMARTS) is 1. The number of hydrogen-bond acceptors (Lipinski definition) is 4. The van der Waals surface area contributed by atoms with E-state index >= 15 is 0 Å². The summed E-state index contributed by atoms with van der Waals surface area (Å²) in [5, 5.41) is 14.3. The standard InChI is InChI=1S/C26H28N2O5/c1-3-5-14-23(25(31)27-17(4-2)15-24(29)30)28-26(32)33-16-22-20-12-8-6-10-18(20)19-11-7-9-13-21(19)22/h6-13,17,22-23H,4,14-16H2,1-2H3,(H,27,31)(H,28,32)(H,29,30)/t17-,23?/m0/s1. The second-order valence-electron chi connectivity index (χ2n) is 7.86. The van der Waals surface area contributed by atoms with Crippen molar-refractivity contribution in [2.24, 2.45) is 0 Å². The van der Waals surface area contributed by atoms with Crippen LogP contribution >= 0.6 is 0 Å². The molecular weight excluding hydrogens is 420 g/mol. The Labute approximate surface area is 193 Å². The second-order valence-corrected chi connectivity index (χ2v) is 7.86. The van der Waals surface area contributed by atoms with Crippen LogP contribution in [0.1, 0.15) is 50.2 Å². The van der Waals surface area contributed by atoms with Gasteiger partial charge in [0.05, 0.1) is 6.42 Å². The summed E-state index contributed by atoms with van der Waals surface area (Å²) in [6.07, 6.45) is -0.369. The Kier molecular flexibility index (Phi) is 8.09. The Balaban J connectivity index is 1.65. The van der Waals surface area contributed by atoms with Gasteiger partial charge in [0.2, 0.25) is 5.91 Å². The number of hydrogen-bond donors (Lipinski definition) is 3. The van der Waals surface area contributed by atoms with Gasteiger partial charge < -0.3 is 20.5 Å². The molecule has 2 aromatic carbocycles. The normalized spacial score (nSPS) is 13.5. The minimum Gasteiger partial charge on any atom is -0.481 e. The van der Waals surface area contributed by atoms with Gasteiger partial charge in [-0.1, -0.05) is 55.5 Å². The first-order chi connectivity index (χ1) is 15.9. The minimum atomic E-state index is -1.00. The highest BCUT2D eigenvalue weighted by Gasteiger charge is 2.30. The van der Waals surface area contributed by atoms with E-state index in [1.165, 1.54) is 0 Å². The van der Waals surface area contributed by atoms with Gasteiger partial charge in [0.25, 0.3) is 0 Å². The molecule has 2 amide bonds. The number of benzene rings is 2. The fourth-order valence-corrected chi connectivity index (χ4v) is 4.01. The molecule has 33 heavy (non-hydrogen) atoms. The van der Waals surface area contributed by atoms with E-state index in [0.717, 1.165) is 22.3 Å². The first kappa shape index (κ1) is 23.9. The van der Waals surface area contributed by atoms with Crippen LogP contribution in [-0.4, -0.2) is 41.8 Å². The summed E-state index contributed by atoms with van der Waals surface area (Å²) in [6.45, 7) is 3.56. The van der Waals surface area contributed by atoms with E-state index in [-0.39, 0.29) is 25.4 Å². The highest BCUT2D eigenvalue weighted by Crippen LogP contribution is 2.44. The van der Waals surface area contributed by atoms with E-state index in [4.69, 9.17) is 9.84 Å². The maximum atomic E-state index is 12.7. The van der Waals surface area contributed by atoms with E-state index in [1.807, 2.05) is 36.4 Å². The first-order valence-electron chi connectivity index (χ1n) is 11.0. The zero-order chi connectivity index (χ0) is 23.8. The third-order valence-electron chi connectivity index (χ3n) is 5.70. The summed E-state index contributed by atoms with van der Waals surface area (Å²) in [5.41, 5.74) is 4.44. The maximum absolute atomic E-state index is 12.7. The van der Waals surface area contributed by atoms with Crippen LogP contribution in [0.4, 0.5) is 4.79 Å². The molecule has 1 aliphatic carbocycles. The molecule has 0 spiro atoms. The molecule has 0 saturated carbocycles. The Morgan fingerprint density at radius 1 is 1.03 bits per heavy atom. The second kappa shape index (κ2) is 11.2. The summed E-state index contributed by atoms with van der Waals surface area (Å²) in [5.74, 6) is 3.92. The van der Waals surface area contributed by atoms with Crippen molar-refractivity contribution in [3.63, 3.8) is 0 Å². The minimum absolute atomic E-state index is 0.0918. The van der Waals surface area contributed by atoms with Gasteiger partial charge >= 0.3 is 12.1 Å². The van der Waals surface area contributed by atoms with Crippen molar-refractivity contribution in [1.29, 1.82) is 0 Å². The number of ether oxygens (including phenoxy) is 1. The number of nitrogens with one attached hydrogen (secondary N) is 2. The van der Waals surface area contributed by atoms with Crippen LogP contribution in [0, 0.1) is 11.8 Å². The summed E-state index contributed by atoms with van der Waals surface area (Å²) in [6, 6.07) is 14.6. The lowest BCUT2D eigenvalue weighted by molar-refractivity contribution is -0.137. The molecule has 2 atom stereocenters. The van der Waals surface area contributed by atoms with Crippen molar-refractivity contribution < 1.29 is 24.2 Å². The van der Waals surface area contributed by atoms with Crippen LogP contribution in [0.15, 0.2) is 48.5 Å². The maximum Gasteiger partial charge on any atom is 0.407 e. The van der Waals surface area contributed by atoms with Gasteiger partial charge in [0, 0.05) is 18.4 Å². The number of aliphatic carboxylic acids is 1. The number of alkyl carbamates (subject to hydrolysis) is 1. The summed E-state index contributed by atoms with van der Waals surface area (Å²) in [7, 11) is 0. The Bertz CT molecular complexity index is 1040. The highest BCUT2D eigenvalue weighted by molar-refractivity contribution is 5.86. The van der Waals surface area contributed by atoms with Crippen LogP contribution in [0.25, 0.3) is 11.1 Å². The smallest absolute Gasteiger partial charge is 0.407 e. The molecule has 2 aromatic rings. The van der Waals surface area contributed by atoms with Crippen LogP contribution < -0.4 is 10.6 Å². The molecule has 3 N–H and O–H groups in total. The molecule has 0 heterocycles. The molecule has 1 unspecified atom stereocenters. The molecule has 0 bridgehead atoms. The fraction of sp³-hybridized carbons (Fsp3) is 0.346. The number of fused-ring (bicyclic) bond motifs is 3. The molecule has 0 aromatic heterocycles. The van der Waals surface area contributed by atoms with Gasteiger partial charge in [-0.3, -0.25) is 9.59 Å². The Morgan fingerprint density at radius 2 is 1.64 bits per heavy atom. The number of carboxylic acids is 1. The van der Waals surface area contributed by atoms with Gasteiger partial charge in [-0.15, -0.1) is 11.8 Å². The van der Waals surface area contributed by atoms with Crippen LogP contribution in [0.3, 0.4) is 0 Å². The number of carbonyl (C=O) groups is 3. The lowest BCUT2D eigenvalue weighted by atomic mass is 9.98. The molecule has 0 saturated heterocycles. The van der Waals surface area contributed by atoms with E-state index in [2.05, 4.69) is 34.6 Å². The molecule has 0 fully saturated rings. The molecular formula is C26H28N2O5. The van der Waals surface area contributed by atoms with Crippen LogP contribution in [-0.2, 0) is 14.3 Å². The van der Waals surface area contributed by atoms with E-state index in [1.54, 1.807) is 13.8 Å². The molecule has 1 aliphatic rings. The van der Waals surface area contributed by atoms with Crippen LogP contribution in [0.5, 0.6) is 0 Å². The van der Waals surface area contributed by atoms with Crippen molar-refractivity contribution in [3.8, 4) is 23.0 Å². The Hall–Kier alpha value is -3.79. The number of rotatable bonds is 9. The van der Waals surface area contributed by atoms with E-state index in [9.17, 15) is 14.4 Å². The zero-order valence-electron chi connectivity index (χ0n) is 18.8. The molecule has 7 heteroatoms. The van der Waals surface area contributed by atoms with Crippen molar-refractivity contribution in [1.82, 2.24) is 10.6 Å². The molecule has 7 nitrogen and oxygen atoms in total. The predicted octanol–water partition coefficient (Wildman–Crippen LogP) is 3.68. The predicted molar refractivity (Wildman–Crippen MR) is 125 cm³/mol. The summed E-state index contributed by atoms with van der Waals surface area (Å²) in [4.78, 5) is 36.3. The zero-order valence-corrected chi connectivity index (χ0v) is 18.8. The number of carbonyl (C=O) groups excluding carboxylic acids is 2. The summed E-state index contributed by atoms with van der Waals surface area (Å²) < 4.78 is 5.52. The van der Waals surface area contributed by atoms with Gasteiger partial charge in [0.1, 0.15) is 12.6 Å². The van der Waals surface area contributed by atoms with Crippen molar-refractivity contribution in [3.05, 3.63) is 59.7 Å². The van der Waals surface area contributed by atoms with Crippen molar-refractivity contribution >= 4 is 18.0 Å². The Morgan fingerprint density at radius 3 is 2.18 bits per heavy atom. The summed E-state index contributed by atoms with van der Waals surface area (Å²) >= 11 is 0. The number of amides is 2. The third-order valence-corrected chi connectivity index (χ3v) is 5.70. The SMILES string of the molecule is CC#CCC(NC(=O)OCC1c2ccccc2-c2ccccc21)C(=O)N[C@@H](CC)CC(=O)O. The lowest BCUT2D eigenvalue weighted by Gasteiger charge is -2.21. The van der Waals surface area contributed by atoms with Gasteiger partial charge in [-0.25, -0.2) is 4.79 Å². The fourth-order valence-electron chi connectivity index (χ4n) is 4.01. The average Bonchev–Trinajstić information content (AvgIpc) is 3.13. The lowest BCUT2D eigenvalue weighted by Crippen LogP contribution is -2.50. The third kappa shape index (κ3) is 5.92. The van der Waals surface area contributed by atoms with E-state index < -0.39 is 30.1 Å². The van der Waals surface area contributed by atoms with Crippen molar-refractivity contribution in [2.75, 3.05) is 6.61 Å². The molecule has 172 valence electrons. The molecule has 0 radical (unpaired) electrons. The largest absolute Gasteiger partial charge is 0.481 e. The first-order valence-corrected chi connectivity index (χ1v) is 11.0. The van der Waals surface area contributed by atoms with Gasteiger partial charge in [-0.05, 0) is 35.6 Å². The topological polar surface area (TPSA) is 105 Å². The van der Waals surface area contributed by atoms with Crippen LogP contribution in [0.2, 0.25) is 0 Å². The highest BCUT2D eigenvalue weighted by atomic mass is 16.5.